The fourth-order valence-corrected chi connectivity index (χ4v) is 3.63. The summed E-state index contributed by atoms with van der Waals surface area (Å²) in [6, 6.07) is 0. The van der Waals surface area contributed by atoms with E-state index in [1.165, 1.54) is 12.8 Å². The van der Waals surface area contributed by atoms with Gasteiger partial charge in [-0.25, -0.2) is 0 Å². The fraction of sp³-hybridized carbons (Fsp3) is 0.923. The van der Waals surface area contributed by atoms with Crippen LogP contribution in [0.5, 0.6) is 0 Å². The summed E-state index contributed by atoms with van der Waals surface area (Å²) in [6.45, 7) is 8.63. The Morgan fingerprint density at radius 1 is 1.40 bits per heavy atom. The van der Waals surface area contributed by atoms with Crippen LogP contribution in [0.2, 0.25) is 0 Å². The molecule has 3 rings (SSSR count). The van der Waals surface area contributed by atoms with Gasteiger partial charge in [0.25, 0.3) is 0 Å². The van der Waals surface area contributed by atoms with Gasteiger partial charge in [-0.15, -0.1) is 0 Å². The van der Waals surface area contributed by atoms with Gasteiger partial charge in [0.05, 0.1) is 0 Å². The van der Waals surface area contributed by atoms with Gasteiger partial charge in [0.1, 0.15) is 5.60 Å². The van der Waals surface area contributed by atoms with Gasteiger partial charge >= 0.3 is 5.97 Å². The van der Waals surface area contributed by atoms with E-state index in [1.54, 1.807) is 0 Å². The van der Waals surface area contributed by atoms with Crippen LogP contribution in [0.25, 0.3) is 0 Å². The molecule has 0 heterocycles. The number of carbonyl (C=O) groups is 1. The third kappa shape index (κ3) is 1.26. The number of fused-ring (bicyclic) bond motifs is 2. The molecule has 3 atom stereocenters. The summed E-state index contributed by atoms with van der Waals surface area (Å²) in [6.07, 6.45) is 4.10. The molecule has 2 heteroatoms. The van der Waals surface area contributed by atoms with Crippen LogP contribution in [-0.4, -0.2) is 11.6 Å². The first-order valence-electron chi connectivity index (χ1n) is 6.16. The topological polar surface area (TPSA) is 26.3 Å². The van der Waals surface area contributed by atoms with Crippen molar-refractivity contribution in [3.8, 4) is 0 Å². The summed E-state index contributed by atoms with van der Waals surface area (Å²) >= 11 is 0. The standard InChI is InChI=1S/C13H22O2/c1-5-11(14)15-13-8-10(12(13,3)4)7-6-9(13)2/h9-10H,5-8H2,1-4H3. The normalized spacial score (nSPS) is 41.9. The Morgan fingerprint density at radius 3 is 2.53 bits per heavy atom. The molecule has 3 unspecified atom stereocenters. The highest BCUT2D eigenvalue weighted by atomic mass is 16.6. The van der Waals surface area contributed by atoms with Crippen molar-refractivity contribution in [3.05, 3.63) is 0 Å². The van der Waals surface area contributed by atoms with Gasteiger partial charge in [0.15, 0.2) is 0 Å². The number of hydrogen-bond acceptors (Lipinski definition) is 2. The van der Waals surface area contributed by atoms with Crippen molar-refractivity contribution in [2.24, 2.45) is 17.3 Å². The van der Waals surface area contributed by atoms with Crippen molar-refractivity contribution in [1.82, 2.24) is 0 Å². The number of rotatable bonds is 2. The number of hydrogen-bond donors (Lipinski definition) is 0. The first-order chi connectivity index (χ1) is 6.94. The van der Waals surface area contributed by atoms with Gasteiger partial charge in [-0.05, 0) is 31.1 Å². The molecule has 2 nitrogen and oxygen atoms in total. The van der Waals surface area contributed by atoms with E-state index in [-0.39, 0.29) is 17.0 Å². The van der Waals surface area contributed by atoms with Gasteiger partial charge < -0.3 is 4.74 Å². The highest BCUT2D eigenvalue weighted by Crippen LogP contribution is 2.65. The van der Waals surface area contributed by atoms with Gasteiger partial charge in [0.2, 0.25) is 0 Å². The van der Waals surface area contributed by atoms with Crippen molar-refractivity contribution in [2.75, 3.05) is 0 Å². The molecule has 3 aliphatic carbocycles. The molecule has 0 saturated heterocycles. The highest BCUT2D eigenvalue weighted by Gasteiger charge is 2.67. The average Bonchev–Trinajstić information content (AvgIpc) is 2.20. The summed E-state index contributed by atoms with van der Waals surface area (Å²) in [5.74, 6) is 1.25. The maximum atomic E-state index is 11.5. The van der Waals surface area contributed by atoms with Gasteiger partial charge in [-0.3, -0.25) is 4.79 Å². The summed E-state index contributed by atoms with van der Waals surface area (Å²) < 4.78 is 5.78. The number of ether oxygens (including phenoxy) is 1. The molecule has 3 aliphatic rings. The van der Waals surface area contributed by atoms with Gasteiger partial charge in [-0.2, -0.15) is 0 Å². The molecule has 2 bridgehead atoms. The van der Waals surface area contributed by atoms with Crippen LogP contribution >= 0.6 is 0 Å². The van der Waals surface area contributed by atoms with E-state index in [4.69, 9.17) is 4.74 Å². The Balaban J connectivity index is 2.20. The Kier molecular flexibility index (Phi) is 2.36. The molecule has 0 N–H and O–H groups in total. The van der Waals surface area contributed by atoms with Crippen molar-refractivity contribution in [2.45, 2.75) is 59.0 Å². The summed E-state index contributed by atoms with van der Waals surface area (Å²) in [4.78, 5) is 11.5. The minimum absolute atomic E-state index is 0.0322. The van der Waals surface area contributed by atoms with Gasteiger partial charge in [0, 0.05) is 11.8 Å². The zero-order valence-corrected chi connectivity index (χ0v) is 10.3. The predicted molar refractivity (Wildman–Crippen MR) is 59.4 cm³/mol. The first kappa shape index (κ1) is 11.0. The lowest BCUT2D eigenvalue weighted by Gasteiger charge is -2.66. The lowest BCUT2D eigenvalue weighted by molar-refractivity contribution is -0.267. The van der Waals surface area contributed by atoms with Crippen molar-refractivity contribution < 1.29 is 9.53 Å². The lowest BCUT2D eigenvalue weighted by Crippen LogP contribution is -2.68. The number of esters is 1. The van der Waals surface area contributed by atoms with E-state index in [9.17, 15) is 4.79 Å². The summed E-state index contributed by atoms with van der Waals surface area (Å²) in [5.41, 5.74) is 0.0402. The van der Waals surface area contributed by atoms with Crippen LogP contribution < -0.4 is 0 Å². The number of carbonyl (C=O) groups excluding carboxylic acids is 1. The van der Waals surface area contributed by atoms with Crippen molar-refractivity contribution in [1.29, 1.82) is 0 Å². The van der Waals surface area contributed by atoms with E-state index in [0.29, 0.717) is 12.3 Å². The summed E-state index contributed by atoms with van der Waals surface area (Å²) in [5, 5.41) is 0. The quantitative estimate of drug-likeness (QED) is 0.654. The molecular weight excluding hydrogens is 188 g/mol. The Bertz CT molecular complexity index is 282. The van der Waals surface area contributed by atoms with E-state index < -0.39 is 0 Å². The maximum Gasteiger partial charge on any atom is 0.306 e. The van der Waals surface area contributed by atoms with E-state index in [1.807, 2.05) is 6.92 Å². The zero-order valence-electron chi connectivity index (χ0n) is 10.3. The van der Waals surface area contributed by atoms with Crippen LogP contribution in [0.3, 0.4) is 0 Å². The average molecular weight is 210 g/mol. The Hall–Kier alpha value is -0.530. The third-order valence-corrected chi connectivity index (χ3v) is 4.99. The zero-order chi connectivity index (χ0) is 11.3. The Morgan fingerprint density at radius 2 is 2.07 bits per heavy atom. The van der Waals surface area contributed by atoms with Gasteiger partial charge in [-0.1, -0.05) is 27.7 Å². The Labute approximate surface area is 92.4 Å². The molecule has 86 valence electrons. The predicted octanol–water partition coefficient (Wildman–Crippen LogP) is 3.15. The second-order valence-corrected chi connectivity index (χ2v) is 5.82. The molecule has 0 aliphatic heterocycles. The van der Waals surface area contributed by atoms with Crippen LogP contribution in [0, 0.1) is 17.3 Å². The first-order valence-corrected chi connectivity index (χ1v) is 6.16. The summed E-state index contributed by atoms with van der Waals surface area (Å²) in [7, 11) is 0. The molecule has 3 fully saturated rings. The minimum Gasteiger partial charge on any atom is -0.458 e. The van der Waals surface area contributed by atoms with E-state index >= 15 is 0 Å². The fourth-order valence-electron chi connectivity index (χ4n) is 3.63. The molecule has 0 radical (unpaired) electrons. The second-order valence-electron chi connectivity index (χ2n) is 5.82. The molecule has 0 amide bonds. The molecule has 3 saturated carbocycles. The second kappa shape index (κ2) is 3.23. The van der Waals surface area contributed by atoms with Crippen LogP contribution in [0.15, 0.2) is 0 Å². The molecular formula is C13H22O2. The molecule has 0 aromatic rings. The third-order valence-electron chi connectivity index (χ3n) is 4.99. The van der Waals surface area contributed by atoms with E-state index in [0.717, 1.165) is 12.3 Å². The molecule has 15 heavy (non-hydrogen) atoms. The largest absolute Gasteiger partial charge is 0.458 e. The smallest absolute Gasteiger partial charge is 0.306 e. The molecule has 0 aromatic heterocycles. The molecule has 0 aromatic carbocycles. The van der Waals surface area contributed by atoms with Crippen LogP contribution in [-0.2, 0) is 9.53 Å². The van der Waals surface area contributed by atoms with Crippen molar-refractivity contribution >= 4 is 5.97 Å². The van der Waals surface area contributed by atoms with E-state index in [2.05, 4.69) is 20.8 Å². The molecule has 0 spiro atoms. The SMILES string of the molecule is CCC(=O)OC12CC(CCC1C)C2(C)C. The van der Waals surface area contributed by atoms with Crippen LogP contribution in [0.4, 0.5) is 0 Å². The van der Waals surface area contributed by atoms with Crippen LogP contribution in [0.1, 0.15) is 53.4 Å². The lowest BCUT2D eigenvalue weighted by atomic mass is 9.42. The highest BCUT2D eigenvalue weighted by molar-refractivity contribution is 5.69. The maximum absolute atomic E-state index is 11.5. The monoisotopic (exact) mass is 210 g/mol. The van der Waals surface area contributed by atoms with Crippen molar-refractivity contribution in [3.63, 3.8) is 0 Å². The minimum atomic E-state index is -0.150.